The Labute approximate surface area is 102 Å². The first-order chi connectivity index (χ1) is 8.35. The zero-order valence-corrected chi connectivity index (χ0v) is 10.1. The Balaban J connectivity index is 2.28. The maximum Gasteiger partial charge on any atom is 0.221 e. The zero-order chi connectivity index (χ0) is 12.1. The minimum atomic E-state index is 0.697. The van der Waals surface area contributed by atoms with Crippen molar-refractivity contribution in [2.45, 2.75) is 19.3 Å². The molecule has 1 aromatic heterocycles. The van der Waals surface area contributed by atoms with Crippen molar-refractivity contribution >= 4 is 10.8 Å². The van der Waals surface area contributed by atoms with Crippen LogP contribution in [0, 0.1) is 0 Å². The molecule has 0 saturated carbocycles. The Kier molecular flexibility index (Phi) is 3.94. The number of unbranched alkanes of at least 4 members (excludes halogenated alkanes) is 1. The highest BCUT2D eigenvalue weighted by Crippen LogP contribution is 2.24. The van der Waals surface area contributed by atoms with Gasteiger partial charge in [0.2, 0.25) is 5.88 Å². The van der Waals surface area contributed by atoms with Gasteiger partial charge in [-0.3, -0.25) is 0 Å². The number of pyridine rings is 1. The summed E-state index contributed by atoms with van der Waals surface area (Å²) in [6, 6.07) is 8.45. The lowest BCUT2D eigenvalue weighted by atomic mass is 10.0. The summed E-state index contributed by atoms with van der Waals surface area (Å²) >= 11 is 0. The molecule has 0 bridgehead atoms. The summed E-state index contributed by atoms with van der Waals surface area (Å²) in [5.41, 5.74) is 6.82. The van der Waals surface area contributed by atoms with Gasteiger partial charge < -0.3 is 10.5 Å². The second-order valence-electron chi connectivity index (χ2n) is 4.12. The third-order valence-corrected chi connectivity index (χ3v) is 2.91. The van der Waals surface area contributed by atoms with Crippen LogP contribution in [0.5, 0.6) is 5.88 Å². The first kappa shape index (κ1) is 11.9. The number of benzene rings is 1. The lowest BCUT2D eigenvalue weighted by molar-refractivity contribution is 0.403. The quantitative estimate of drug-likeness (QED) is 0.803. The summed E-state index contributed by atoms with van der Waals surface area (Å²) in [4.78, 5) is 4.22. The highest BCUT2D eigenvalue weighted by molar-refractivity contribution is 5.87. The molecule has 0 fully saturated rings. The van der Waals surface area contributed by atoms with E-state index in [0.717, 1.165) is 31.2 Å². The van der Waals surface area contributed by atoms with Crippen LogP contribution in [0.1, 0.15) is 18.4 Å². The Morgan fingerprint density at radius 3 is 2.88 bits per heavy atom. The van der Waals surface area contributed by atoms with Gasteiger partial charge in [0.15, 0.2) is 0 Å². The van der Waals surface area contributed by atoms with Crippen molar-refractivity contribution in [2.75, 3.05) is 13.7 Å². The van der Waals surface area contributed by atoms with Gasteiger partial charge in [0.25, 0.3) is 0 Å². The summed E-state index contributed by atoms with van der Waals surface area (Å²) in [6.45, 7) is 0.762. The molecule has 0 saturated heterocycles. The van der Waals surface area contributed by atoms with Crippen molar-refractivity contribution in [2.24, 2.45) is 5.73 Å². The van der Waals surface area contributed by atoms with Crippen LogP contribution in [0.4, 0.5) is 0 Å². The highest BCUT2D eigenvalue weighted by atomic mass is 16.5. The van der Waals surface area contributed by atoms with Gasteiger partial charge in [-0.25, -0.2) is 4.98 Å². The van der Waals surface area contributed by atoms with E-state index in [2.05, 4.69) is 23.2 Å². The van der Waals surface area contributed by atoms with Crippen LogP contribution in [-0.2, 0) is 6.42 Å². The molecule has 1 heterocycles. The fraction of sp³-hybridized carbons (Fsp3) is 0.357. The van der Waals surface area contributed by atoms with E-state index in [1.165, 1.54) is 10.9 Å². The van der Waals surface area contributed by atoms with E-state index >= 15 is 0 Å². The summed E-state index contributed by atoms with van der Waals surface area (Å²) in [5, 5.41) is 2.25. The van der Waals surface area contributed by atoms with Crippen LogP contribution >= 0.6 is 0 Å². The van der Waals surface area contributed by atoms with E-state index in [9.17, 15) is 0 Å². The van der Waals surface area contributed by atoms with E-state index in [1.54, 1.807) is 13.3 Å². The molecule has 3 heteroatoms. The molecule has 0 spiro atoms. The molecular formula is C14H18N2O. The van der Waals surface area contributed by atoms with Gasteiger partial charge in [0.1, 0.15) is 0 Å². The lowest BCUT2D eigenvalue weighted by Gasteiger charge is -2.06. The number of methoxy groups -OCH3 is 1. The molecule has 2 rings (SSSR count). The molecule has 17 heavy (non-hydrogen) atoms. The number of aromatic nitrogens is 1. The third kappa shape index (κ3) is 2.74. The predicted molar refractivity (Wildman–Crippen MR) is 70.3 cm³/mol. The van der Waals surface area contributed by atoms with Crippen LogP contribution in [0.25, 0.3) is 10.8 Å². The summed E-state index contributed by atoms with van der Waals surface area (Å²) in [6.07, 6.45) is 5.03. The Morgan fingerprint density at radius 2 is 2.12 bits per heavy atom. The van der Waals surface area contributed by atoms with Crippen molar-refractivity contribution in [3.05, 3.63) is 36.0 Å². The second kappa shape index (κ2) is 5.64. The number of fused-ring (bicyclic) bond motifs is 1. The van der Waals surface area contributed by atoms with Gasteiger partial charge in [-0.05, 0) is 48.9 Å². The Morgan fingerprint density at radius 1 is 1.24 bits per heavy atom. The monoisotopic (exact) mass is 230 g/mol. The molecule has 2 N–H and O–H groups in total. The number of nitrogens with two attached hydrogens (primary N) is 1. The van der Waals surface area contributed by atoms with Crippen LogP contribution in [-0.4, -0.2) is 18.6 Å². The van der Waals surface area contributed by atoms with Crippen molar-refractivity contribution in [1.82, 2.24) is 4.98 Å². The van der Waals surface area contributed by atoms with Gasteiger partial charge in [-0.15, -0.1) is 0 Å². The molecule has 0 aliphatic heterocycles. The van der Waals surface area contributed by atoms with Crippen LogP contribution < -0.4 is 10.5 Å². The topological polar surface area (TPSA) is 48.1 Å². The van der Waals surface area contributed by atoms with E-state index in [4.69, 9.17) is 10.5 Å². The second-order valence-corrected chi connectivity index (χ2v) is 4.12. The van der Waals surface area contributed by atoms with E-state index in [0.29, 0.717) is 5.88 Å². The summed E-state index contributed by atoms with van der Waals surface area (Å²) in [5.74, 6) is 0.697. The molecule has 2 aromatic rings. The molecule has 0 radical (unpaired) electrons. The maximum absolute atomic E-state index is 5.50. The van der Waals surface area contributed by atoms with Crippen molar-refractivity contribution in [3.8, 4) is 5.88 Å². The molecule has 0 unspecified atom stereocenters. The Hall–Kier alpha value is -1.61. The number of rotatable bonds is 5. The summed E-state index contributed by atoms with van der Waals surface area (Å²) < 4.78 is 5.28. The van der Waals surface area contributed by atoms with E-state index in [-0.39, 0.29) is 0 Å². The number of hydrogen-bond acceptors (Lipinski definition) is 3. The van der Waals surface area contributed by atoms with Crippen LogP contribution in [0.2, 0.25) is 0 Å². The SMILES string of the molecule is COc1nccc2ccc(CCCCN)cc12. The molecule has 1 aromatic carbocycles. The smallest absolute Gasteiger partial charge is 0.221 e. The standard InChI is InChI=1S/C14H18N2O/c1-17-14-13-10-11(4-2-3-8-15)5-6-12(13)7-9-16-14/h5-7,9-10H,2-4,8,15H2,1H3. The van der Waals surface area contributed by atoms with Crippen molar-refractivity contribution in [3.63, 3.8) is 0 Å². The molecule has 0 aliphatic carbocycles. The average molecular weight is 230 g/mol. The van der Waals surface area contributed by atoms with Crippen LogP contribution in [0.15, 0.2) is 30.5 Å². The molecular weight excluding hydrogens is 212 g/mol. The first-order valence-electron chi connectivity index (χ1n) is 5.97. The fourth-order valence-corrected chi connectivity index (χ4v) is 1.98. The predicted octanol–water partition coefficient (Wildman–Crippen LogP) is 2.52. The minimum absolute atomic E-state index is 0.697. The van der Waals surface area contributed by atoms with Gasteiger partial charge >= 0.3 is 0 Å². The van der Waals surface area contributed by atoms with Gasteiger partial charge in [0.05, 0.1) is 7.11 Å². The molecule has 3 nitrogen and oxygen atoms in total. The van der Waals surface area contributed by atoms with E-state index in [1.807, 2.05) is 6.07 Å². The number of ether oxygens (including phenoxy) is 1. The van der Waals surface area contributed by atoms with E-state index < -0.39 is 0 Å². The normalized spacial score (nSPS) is 10.7. The summed E-state index contributed by atoms with van der Waals surface area (Å²) in [7, 11) is 1.66. The number of hydrogen-bond donors (Lipinski definition) is 1. The Bertz CT molecular complexity index is 497. The highest BCUT2D eigenvalue weighted by Gasteiger charge is 2.03. The van der Waals surface area contributed by atoms with Gasteiger partial charge in [-0.2, -0.15) is 0 Å². The third-order valence-electron chi connectivity index (χ3n) is 2.91. The zero-order valence-electron chi connectivity index (χ0n) is 10.1. The molecule has 0 aliphatic rings. The van der Waals surface area contributed by atoms with Gasteiger partial charge in [0, 0.05) is 11.6 Å². The molecule has 0 atom stereocenters. The minimum Gasteiger partial charge on any atom is -0.481 e. The van der Waals surface area contributed by atoms with Gasteiger partial charge in [-0.1, -0.05) is 12.1 Å². The molecule has 90 valence electrons. The maximum atomic E-state index is 5.50. The number of nitrogens with zero attached hydrogens (tertiary/aromatic N) is 1. The number of aryl methyl sites for hydroxylation is 1. The first-order valence-corrected chi connectivity index (χ1v) is 5.97. The van der Waals surface area contributed by atoms with Crippen molar-refractivity contribution in [1.29, 1.82) is 0 Å². The van der Waals surface area contributed by atoms with Crippen molar-refractivity contribution < 1.29 is 4.74 Å². The average Bonchev–Trinajstić information content (AvgIpc) is 2.38. The lowest BCUT2D eigenvalue weighted by Crippen LogP contribution is -1.99. The largest absolute Gasteiger partial charge is 0.481 e. The molecule has 0 amide bonds. The van der Waals surface area contributed by atoms with Crippen LogP contribution in [0.3, 0.4) is 0 Å². The fourth-order valence-electron chi connectivity index (χ4n) is 1.98.